The van der Waals surface area contributed by atoms with Crippen LogP contribution in [0.1, 0.15) is 19.4 Å². The molecule has 0 aliphatic carbocycles. The van der Waals surface area contributed by atoms with Gasteiger partial charge < -0.3 is 15.0 Å². The summed E-state index contributed by atoms with van der Waals surface area (Å²) in [7, 11) is 0. The molecule has 1 aromatic rings. The molecule has 0 unspecified atom stereocenters. The molecule has 1 aliphatic rings. The Morgan fingerprint density at radius 1 is 1.29 bits per heavy atom. The molecule has 1 fully saturated rings. The highest BCUT2D eigenvalue weighted by molar-refractivity contribution is 5.85. The largest absolute Gasteiger partial charge is 0.375 e. The molecule has 114 valence electrons. The summed E-state index contributed by atoms with van der Waals surface area (Å²) in [4.78, 5) is 25.8. The molecule has 5 heteroatoms. The standard InChI is InChI=1S/C16H22N2O3/c1-12-11-21-13(2)10-18(12)16(20)9-17-15(19)8-14-6-4-3-5-7-14/h3-7,12-13H,8-11H2,1-2H3,(H,17,19)/t12-,13+/m1/s1. The molecule has 5 nitrogen and oxygen atoms in total. The summed E-state index contributed by atoms with van der Waals surface area (Å²) in [6.07, 6.45) is 0.341. The van der Waals surface area contributed by atoms with Gasteiger partial charge >= 0.3 is 0 Å². The fourth-order valence-corrected chi connectivity index (χ4v) is 2.37. The van der Waals surface area contributed by atoms with Gasteiger partial charge in [-0.25, -0.2) is 0 Å². The van der Waals surface area contributed by atoms with E-state index in [1.54, 1.807) is 4.90 Å². The molecule has 1 aromatic carbocycles. The number of morpholine rings is 1. The molecule has 0 radical (unpaired) electrons. The molecule has 0 bridgehead atoms. The Kier molecular flexibility index (Phi) is 5.33. The van der Waals surface area contributed by atoms with Gasteiger partial charge in [0.25, 0.3) is 0 Å². The Bertz CT molecular complexity index is 490. The third kappa shape index (κ3) is 4.56. The molecule has 0 spiro atoms. The van der Waals surface area contributed by atoms with E-state index in [-0.39, 0.29) is 30.5 Å². The minimum Gasteiger partial charge on any atom is -0.375 e. The summed E-state index contributed by atoms with van der Waals surface area (Å²) in [6, 6.07) is 9.54. The third-order valence-electron chi connectivity index (χ3n) is 3.57. The summed E-state index contributed by atoms with van der Waals surface area (Å²) in [6.45, 7) is 5.07. The average molecular weight is 290 g/mol. The van der Waals surface area contributed by atoms with Gasteiger partial charge in [0.15, 0.2) is 0 Å². The molecule has 1 heterocycles. The van der Waals surface area contributed by atoms with Gasteiger partial charge in [0, 0.05) is 6.54 Å². The van der Waals surface area contributed by atoms with Crippen molar-refractivity contribution in [2.75, 3.05) is 19.7 Å². The lowest BCUT2D eigenvalue weighted by Gasteiger charge is -2.36. The van der Waals surface area contributed by atoms with E-state index in [0.29, 0.717) is 19.6 Å². The number of hydrogen-bond acceptors (Lipinski definition) is 3. The van der Waals surface area contributed by atoms with Crippen LogP contribution in [0, 0.1) is 0 Å². The first-order valence-corrected chi connectivity index (χ1v) is 7.28. The molecule has 2 amide bonds. The van der Waals surface area contributed by atoms with E-state index in [0.717, 1.165) is 5.56 Å². The molecular formula is C16H22N2O3. The number of nitrogens with zero attached hydrogens (tertiary/aromatic N) is 1. The number of rotatable bonds is 4. The van der Waals surface area contributed by atoms with E-state index in [1.807, 2.05) is 44.2 Å². The first kappa shape index (κ1) is 15.5. The van der Waals surface area contributed by atoms with E-state index in [9.17, 15) is 9.59 Å². The lowest BCUT2D eigenvalue weighted by Crippen LogP contribution is -2.53. The van der Waals surface area contributed by atoms with Gasteiger partial charge in [-0.1, -0.05) is 30.3 Å². The van der Waals surface area contributed by atoms with Crippen molar-refractivity contribution in [1.29, 1.82) is 0 Å². The topological polar surface area (TPSA) is 58.6 Å². The third-order valence-corrected chi connectivity index (χ3v) is 3.57. The van der Waals surface area contributed by atoms with E-state index in [1.165, 1.54) is 0 Å². The fraction of sp³-hybridized carbons (Fsp3) is 0.500. The Labute approximate surface area is 125 Å². The second kappa shape index (κ2) is 7.22. The van der Waals surface area contributed by atoms with Crippen LogP contribution in [0.3, 0.4) is 0 Å². The zero-order valence-electron chi connectivity index (χ0n) is 12.5. The predicted octanol–water partition coefficient (Wildman–Crippen LogP) is 0.981. The van der Waals surface area contributed by atoms with Crippen LogP contribution in [-0.4, -0.2) is 48.6 Å². The van der Waals surface area contributed by atoms with E-state index < -0.39 is 0 Å². The van der Waals surface area contributed by atoms with Gasteiger partial charge in [0.2, 0.25) is 11.8 Å². The summed E-state index contributed by atoms with van der Waals surface area (Å²) < 4.78 is 5.49. The summed E-state index contributed by atoms with van der Waals surface area (Å²) in [5.41, 5.74) is 0.941. The summed E-state index contributed by atoms with van der Waals surface area (Å²) in [5, 5.41) is 2.69. The van der Waals surface area contributed by atoms with Crippen LogP contribution in [0.4, 0.5) is 0 Å². The van der Waals surface area contributed by atoms with Crippen molar-refractivity contribution in [2.24, 2.45) is 0 Å². The van der Waals surface area contributed by atoms with Crippen LogP contribution in [-0.2, 0) is 20.7 Å². The fourth-order valence-electron chi connectivity index (χ4n) is 2.37. The first-order chi connectivity index (χ1) is 10.1. The number of ether oxygens (including phenoxy) is 1. The maximum atomic E-state index is 12.2. The van der Waals surface area contributed by atoms with Crippen molar-refractivity contribution in [3.8, 4) is 0 Å². The molecule has 1 aliphatic heterocycles. The van der Waals surface area contributed by atoms with Crippen LogP contribution in [0.25, 0.3) is 0 Å². The van der Waals surface area contributed by atoms with E-state index >= 15 is 0 Å². The van der Waals surface area contributed by atoms with Crippen LogP contribution >= 0.6 is 0 Å². The molecule has 2 atom stereocenters. The second-order valence-corrected chi connectivity index (χ2v) is 5.48. The van der Waals surface area contributed by atoms with Crippen molar-refractivity contribution in [1.82, 2.24) is 10.2 Å². The van der Waals surface area contributed by atoms with Crippen molar-refractivity contribution in [3.05, 3.63) is 35.9 Å². The minimum atomic E-state index is -0.136. The Hall–Kier alpha value is -1.88. The highest BCUT2D eigenvalue weighted by Gasteiger charge is 2.27. The molecule has 2 rings (SSSR count). The zero-order chi connectivity index (χ0) is 15.2. The maximum absolute atomic E-state index is 12.2. The van der Waals surface area contributed by atoms with Gasteiger partial charge in [-0.05, 0) is 19.4 Å². The lowest BCUT2D eigenvalue weighted by molar-refractivity contribution is -0.143. The number of carbonyl (C=O) groups excluding carboxylic acids is 2. The molecule has 1 N–H and O–H groups in total. The van der Waals surface area contributed by atoms with Crippen molar-refractivity contribution in [3.63, 3.8) is 0 Å². The summed E-state index contributed by atoms with van der Waals surface area (Å²) >= 11 is 0. The predicted molar refractivity (Wildman–Crippen MR) is 79.7 cm³/mol. The Balaban J connectivity index is 1.79. The summed E-state index contributed by atoms with van der Waals surface area (Å²) in [5.74, 6) is -0.192. The monoisotopic (exact) mass is 290 g/mol. The normalized spacial score (nSPS) is 21.9. The highest BCUT2D eigenvalue weighted by atomic mass is 16.5. The first-order valence-electron chi connectivity index (χ1n) is 7.28. The number of benzene rings is 1. The average Bonchev–Trinajstić information content (AvgIpc) is 2.48. The van der Waals surface area contributed by atoms with Crippen molar-refractivity contribution in [2.45, 2.75) is 32.4 Å². The van der Waals surface area contributed by atoms with Gasteiger partial charge in [-0.2, -0.15) is 0 Å². The van der Waals surface area contributed by atoms with Crippen LogP contribution < -0.4 is 5.32 Å². The SMILES string of the molecule is C[C@@H]1CO[C@@H](C)CN1C(=O)CNC(=O)Cc1ccccc1. The van der Waals surface area contributed by atoms with Crippen LogP contribution in [0.2, 0.25) is 0 Å². The van der Waals surface area contributed by atoms with Crippen LogP contribution in [0.5, 0.6) is 0 Å². The van der Waals surface area contributed by atoms with Gasteiger partial charge in [0.1, 0.15) is 0 Å². The molecule has 0 saturated carbocycles. The van der Waals surface area contributed by atoms with Gasteiger partial charge in [0.05, 0.1) is 31.7 Å². The smallest absolute Gasteiger partial charge is 0.242 e. The Morgan fingerprint density at radius 2 is 2.00 bits per heavy atom. The van der Waals surface area contributed by atoms with Gasteiger partial charge in [-0.3, -0.25) is 9.59 Å². The van der Waals surface area contributed by atoms with E-state index in [2.05, 4.69) is 5.32 Å². The number of hydrogen-bond donors (Lipinski definition) is 1. The second-order valence-electron chi connectivity index (χ2n) is 5.48. The highest BCUT2D eigenvalue weighted by Crippen LogP contribution is 2.11. The number of amides is 2. The molecule has 0 aromatic heterocycles. The zero-order valence-corrected chi connectivity index (χ0v) is 12.5. The quantitative estimate of drug-likeness (QED) is 0.899. The number of carbonyl (C=O) groups is 2. The van der Waals surface area contributed by atoms with Crippen molar-refractivity contribution < 1.29 is 14.3 Å². The lowest BCUT2D eigenvalue weighted by atomic mass is 10.1. The molecule has 1 saturated heterocycles. The molecule has 21 heavy (non-hydrogen) atoms. The van der Waals surface area contributed by atoms with Crippen LogP contribution in [0.15, 0.2) is 30.3 Å². The van der Waals surface area contributed by atoms with Crippen molar-refractivity contribution >= 4 is 11.8 Å². The van der Waals surface area contributed by atoms with E-state index in [4.69, 9.17) is 4.74 Å². The molecular weight excluding hydrogens is 268 g/mol. The van der Waals surface area contributed by atoms with Gasteiger partial charge in [-0.15, -0.1) is 0 Å². The maximum Gasteiger partial charge on any atom is 0.242 e. The number of nitrogens with one attached hydrogen (secondary N) is 1. The minimum absolute atomic E-state index is 0.0444. The Morgan fingerprint density at radius 3 is 2.71 bits per heavy atom.